The number of rotatable bonds is 0. The number of halogens is 3. The van der Waals surface area contributed by atoms with Gasteiger partial charge in [0.25, 0.3) is 0 Å². The fourth-order valence-corrected chi connectivity index (χ4v) is 2.40. The highest BCUT2D eigenvalue weighted by atomic mass is 79.9. The molecule has 2 aromatic carbocycles. The second-order valence-corrected chi connectivity index (χ2v) is 5.19. The predicted molar refractivity (Wildman–Crippen MR) is 72.7 cm³/mol. The molecule has 0 atom stereocenters. The van der Waals surface area contributed by atoms with Crippen LogP contribution in [0, 0.1) is 5.82 Å². The van der Waals surface area contributed by atoms with Crippen LogP contribution in [0.2, 0.25) is 5.02 Å². The van der Waals surface area contributed by atoms with Crippen LogP contribution in [0.3, 0.4) is 0 Å². The zero-order chi connectivity index (χ0) is 12.9. The zero-order valence-electron chi connectivity index (χ0n) is 8.84. The third kappa shape index (κ3) is 1.72. The molecule has 0 aliphatic heterocycles. The molecule has 0 bridgehead atoms. The molecule has 1 aromatic heterocycles. The fourth-order valence-electron chi connectivity index (χ4n) is 1.86. The predicted octanol–water partition coefficient (Wildman–Crippen LogP) is 4.50. The maximum Gasteiger partial charge on any atom is 0.200 e. The van der Waals surface area contributed by atoms with Crippen molar-refractivity contribution < 1.29 is 8.81 Å². The van der Waals surface area contributed by atoms with Gasteiger partial charge in [-0.1, -0.05) is 27.5 Å². The quantitative estimate of drug-likeness (QED) is 0.569. The average molecular weight is 328 g/mol. The van der Waals surface area contributed by atoms with E-state index in [1.807, 2.05) is 0 Å². The first-order valence-electron chi connectivity index (χ1n) is 5.07. The van der Waals surface area contributed by atoms with E-state index in [0.717, 1.165) is 10.5 Å². The molecule has 0 unspecified atom stereocenters. The summed E-state index contributed by atoms with van der Waals surface area (Å²) in [5.74, 6) is -0.642. The van der Waals surface area contributed by atoms with Gasteiger partial charge in [-0.05, 0) is 30.3 Å². The summed E-state index contributed by atoms with van der Waals surface area (Å²) in [4.78, 5) is 12.2. The highest BCUT2D eigenvalue weighted by Crippen LogP contribution is 2.26. The molecule has 0 saturated carbocycles. The summed E-state index contributed by atoms with van der Waals surface area (Å²) in [5.41, 5.74) is -0.0294. The molecule has 0 spiro atoms. The van der Waals surface area contributed by atoms with Crippen LogP contribution in [0.15, 0.2) is 44.0 Å². The van der Waals surface area contributed by atoms with Crippen LogP contribution < -0.4 is 5.43 Å². The monoisotopic (exact) mass is 326 g/mol. The fraction of sp³-hybridized carbons (Fsp3) is 0. The second-order valence-electron chi connectivity index (χ2n) is 3.84. The first-order chi connectivity index (χ1) is 8.56. The van der Waals surface area contributed by atoms with Gasteiger partial charge in [0.05, 0.1) is 10.8 Å². The Morgan fingerprint density at radius 2 is 1.94 bits per heavy atom. The van der Waals surface area contributed by atoms with Crippen LogP contribution >= 0.6 is 27.5 Å². The standard InChI is InChI=1S/C13H5BrClFO2/c14-6-1-2-8-11(3-6)18-13-9(12(8)17)4-7(15)5-10(13)16/h1-5H. The summed E-state index contributed by atoms with van der Waals surface area (Å²) < 4.78 is 19.9. The van der Waals surface area contributed by atoms with Crippen molar-refractivity contribution in [3.63, 3.8) is 0 Å². The number of hydrogen-bond donors (Lipinski definition) is 0. The first-order valence-corrected chi connectivity index (χ1v) is 6.24. The van der Waals surface area contributed by atoms with Gasteiger partial charge in [-0.25, -0.2) is 4.39 Å². The van der Waals surface area contributed by atoms with Crippen molar-refractivity contribution in [2.75, 3.05) is 0 Å². The lowest BCUT2D eigenvalue weighted by Gasteiger charge is -2.03. The van der Waals surface area contributed by atoms with Crippen LogP contribution in [0.5, 0.6) is 0 Å². The van der Waals surface area contributed by atoms with Gasteiger partial charge in [-0.15, -0.1) is 0 Å². The Labute approximate surface area is 114 Å². The summed E-state index contributed by atoms with van der Waals surface area (Å²) in [6.07, 6.45) is 0. The second kappa shape index (κ2) is 4.07. The summed E-state index contributed by atoms with van der Waals surface area (Å²) in [6.45, 7) is 0. The van der Waals surface area contributed by atoms with Crippen molar-refractivity contribution >= 4 is 49.5 Å². The molecule has 0 aliphatic carbocycles. The molecule has 0 amide bonds. The minimum atomic E-state index is -0.642. The van der Waals surface area contributed by atoms with Gasteiger partial charge in [-0.2, -0.15) is 0 Å². The molecule has 0 saturated heterocycles. The molecular formula is C13H5BrClFO2. The molecule has 1 heterocycles. The molecule has 3 rings (SSSR count). The van der Waals surface area contributed by atoms with E-state index in [9.17, 15) is 9.18 Å². The minimum Gasteiger partial charge on any atom is -0.453 e. The number of fused-ring (bicyclic) bond motifs is 2. The van der Waals surface area contributed by atoms with Gasteiger partial charge in [-0.3, -0.25) is 4.79 Å². The highest BCUT2D eigenvalue weighted by molar-refractivity contribution is 9.10. The maximum absolute atomic E-state index is 13.7. The van der Waals surface area contributed by atoms with Crippen LogP contribution in [0.4, 0.5) is 4.39 Å². The van der Waals surface area contributed by atoms with E-state index in [-0.39, 0.29) is 21.4 Å². The normalized spacial score (nSPS) is 11.3. The van der Waals surface area contributed by atoms with Crippen molar-refractivity contribution in [1.29, 1.82) is 0 Å². The van der Waals surface area contributed by atoms with E-state index in [1.165, 1.54) is 6.07 Å². The summed E-state index contributed by atoms with van der Waals surface area (Å²) in [5, 5.41) is 0.714. The van der Waals surface area contributed by atoms with Crippen molar-refractivity contribution in [1.82, 2.24) is 0 Å². The molecule has 2 nitrogen and oxygen atoms in total. The minimum absolute atomic E-state index is 0.0741. The van der Waals surface area contributed by atoms with E-state index in [0.29, 0.717) is 11.0 Å². The number of hydrogen-bond acceptors (Lipinski definition) is 2. The molecule has 0 aliphatic rings. The summed E-state index contributed by atoms with van der Waals surface area (Å²) in [6, 6.07) is 7.52. The van der Waals surface area contributed by atoms with Crippen molar-refractivity contribution in [2.24, 2.45) is 0 Å². The molecule has 0 fully saturated rings. The van der Waals surface area contributed by atoms with Crippen LogP contribution in [-0.2, 0) is 0 Å². The van der Waals surface area contributed by atoms with Gasteiger partial charge < -0.3 is 4.42 Å². The lowest BCUT2D eigenvalue weighted by atomic mass is 10.1. The molecule has 90 valence electrons. The van der Waals surface area contributed by atoms with Crippen molar-refractivity contribution in [3.8, 4) is 0 Å². The third-order valence-electron chi connectivity index (χ3n) is 2.65. The van der Waals surface area contributed by atoms with E-state index in [1.54, 1.807) is 18.2 Å². The first kappa shape index (κ1) is 11.7. The van der Waals surface area contributed by atoms with Crippen molar-refractivity contribution in [3.05, 3.63) is 55.9 Å². The Hall–Kier alpha value is -1.39. The Morgan fingerprint density at radius 3 is 2.72 bits per heavy atom. The Kier molecular flexibility index (Phi) is 2.64. The Morgan fingerprint density at radius 1 is 1.17 bits per heavy atom. The van der Waals surface area contributed by atoms with Crippen LogP contribution in [-0.4, -0.2) is 0 Å². The summed E-state index contributed by atoms with van der Waals surface area (Å²) in [7, 11) is 0. The zero-order valence-corrected chi connectivity index (χ0v) is 11.2. The third-order valence-corrected chi connectivity index (χ3v) is 3.36. The lowest BCUT2D eigenvalue weighted by molar-refractivity contribution is 0.579. The Balaban J connectivity index is 2.61. The lowest BCUT2D eigenvalue weighted by Crippen LogP contribution is -2.03. The highest BCUT2D eigenvalue weighted by Gasteiger charge is 2.12. The van der Waals surface area contributed by atoms with Crippen LogP contribution in [0.25, 0.3) is 21.9 Å². The molecule has 5 heteroatoms. The average Bonchev–Trinajstić information content (AvgIpc) is 2.31. The van der Waals surface area contributed by atoms with Crippen molar-refractivity contribution in [2.45, 2.75) is 0 Å². The van der Waals surface area contributed by atoms with E-state index in [4.69, 9.17) is 16.0 Å². The van der Waals surface area contributed by atoms with E-state index < -0.39 is 5.82 Å². The van der Waals surface area contributed by atoms with E-state index in [2.05, 4.69) is 15.9 Å². The molecular weight excluding hydrogens is 322 g/mol. The van der Waals surface area contributed by atoms with E-state index >= 15 is 0 Å². The van der Waals surface area contributed by atoms with Gasteiger partial charge in [0.2, 0.25) is 5.43 Å². The Bertz CT molecular complexity index is 842. The molecule has 3 aromatic rings. The number of benzene rings is 2. The maximum atomic E-state index is 13.7. The summed E-state index contributed by atoms with van der Waals surface area (Å²) >= 11 is 9.02. The molecule has 18 heavy (non-hydrogen) atoms. The van der Waals surface area contributed by atoms with Gasteiger partial charge in [0.1, 0.15) is 5.58 Å². The van der Waals surface area contributed by atoms with Crippen LogP contribution in [0.1, 0.15) is 0 Å². The van der Waals surface area contributed by atoms with Gasteiger partial charge >= 0.3 is 0 Å². The van der Waals surface area contributed by atoms with Gasteiger partial charge in [0.15, 0.2) is 11.4 Å². The molecule has 0 N–H and O–H groups in total. The smallest absolute Gasteiger partial charge is 0.200 e. The largest absolute Gasteiger partial charge is 0.453 e. The topological polar surface area (TPSA) is 30.2 Å². The molecule has 0 radical (unpaired) electrons. The SMILES string of the molecule is O=c1c2ccc(Br)cc2oc2c(F)cc(Cl)cc12. The van der Waals surface area contributed by atoms with Gasteiger partial charge in [0, 0.05) is 9.50 Å².